The lowest BCUT2D eigenvalue weighted by Crippen LogP contribution is -2.44. The predicted molar refractivity (Wildman–Crippen MR) is 83.3 cm³/mol. The molecular weight excluding hydrogens is 308 g/mol. The summed E-state index contributed by atoms with van der Waals surface area (Å²) in [5.41, 5.74) is 0. The molecule has 1 aliphatic rings. The Hall–Kier alpha value is 0.100. The van der Waals surface area contributed by atoms with Crippen molar-refractivity contribution < 1.29 is 0 Å². The molecule has 0 atom stereocenters. The van der Waals surface area contributed by atoms with Gasteiger partial charge in [-0.3, -0.25) is 0 Å². The average molecular weight is 331 g/mol. The Kier molecular flexibility index (Phi) is 5.24. The van der Waals surface area contributed by atoms with Crippen molar-refractivity contribution in [3.05, 3.63) is 20.3 Å². The molecule has 0 amide bonds. The van der Waals surface area contributed by atoms with Crippen LogP contribution in [0, 0.1) is 6.92 Å². The number of hydrogen-bond donors (Lipinski definition) is 1. The van der Waals surface area contributed by atoms with Crippen molar-refractivity contribution in [2.24, 2.45) is 0 Å². The summed E-state index contributed by atoms with van der Waals surface area (Å²) in [4.78, 5) is 5.39. The minimum atomic E-state index is 0.696. The molecule has 1 aromatic heterocycles. The fourth-order valence-corrected chi connectivity index (χ4v) is 4.02. The molecule has 1 saturated heterocycles. The SMILES string of the molecule is Cc1sc(CNC2CCN(C(C)C)CC2)cc1Br. The normalized spacial score (nSPS) is 18.7. The van der Waals surface area contributed by atoms with Crippen molar-refractivity contribution >= 4 is 27.3 Å². The van der Waals surface area contributed by atoms with E-state index in [1.807, 2.05) is 11.3 Å². The summed E-state index contributed by atoms with van der Waals surface area (Å²) in [5, 5.41) is 3.70. The Bertz CT molecular complexity index is 362. The number of thiophene rings is 1. The van der Waals surface area contributed by atoms with Gasteiger partial charge >= 0.3 is 0 Å². The molecule has 1 N–H and O–H groups in total. The summed E-state index contributed by atoms with van der Waals surface area (Å²) in [6.45, 7) is 10.2. The zero-order valence-corrected chi connectivity index (χ0v) is 13.9. The van der Waals surface area contributed by atoms with E-state index < -0.39 is 0 Å². The average Bonchev–Trinajstić information content (AvgIpc) is 2.67. The van der Waals surface area contributed by atoms with Crippen molar-refractivity contribution in [2.45, 2.75) is 52.2 Å². The molecular formula is C14H23BrN2S. The number of aryl methyl sites for hydroxylation is 1. The molecule has 102 valence electrons. The molecule has 0 aromatic carbocycles. The molecule has 2 heterocycles. The summed E-state index contributed by atoms with van der Waals surface area (Å²) < 4.78 is 1.25. The largest absolute Gasteiger partial charge is 0.309 e. The van der Waals surface area contributed by atoms with Crippen LogP contribution in [0.25, 0.3) is 0 Å². The first-order valence-electron chi connectivity index (χ1n) is 6.78. The van der Waals surface area contributed by atoms with Crippen molar-refractivity contribution in [2.75, 3.05) is 13.1 Å². The lowest BCUT2D eigenvalue weighted by atomic mass is 10.0. The van der Waals surface area contributed by atoms with E-state index in [1.54, 1.807) is 0 Å². The molecule has 1 aromatic rings. The van der Waals surface area contributed by atoms with Crippen LogP contribution in [0.1, 0.15) is 36.4 Å². The van der Waals surface area contributed by atoms with Crippen molar-refractivity contribution in [3.63, 3.8) is 0 Å². The Morgan fingerprint density at radius 1 is 1.44 bits per heavy atom. The zero-order valence-electron chi connectivity index (χ0n) is 11.5. The van der Waals surface area contributed by atoms with Crippen molar-refractivity contribution in [3.8, 4) is 0 Å². The minimum Gasteiger partial charge on any atom is -0.309 e. The molecule has 0 aliphatic carbocycles. The van der Waals surface area contributed by atoms with Crippen LogP contribution in [-0.4, -0.2) is 30.1 Å². The summed E-state index contributed by atoms with van der Waals surface area (Å²) >= 11 is 5.47. The maximum Gasteiger partial charge on any atom is 0.0314 e. The summed E-state index contributed by atoms with van der Waals surface area (Å²) in [6.07, 6.45) is 2.56. The number of piperidine rings is 1. The van der Waals surface area contributed by atoms with Gasteiger partial charge in [-0.25, -0.2) is 0 Å². The van der Waals surface area contributed by atoms with E-state index in [1.165, 1.54) is 40.2 Å². The lowest BCUT2D eigenvalue weighted by molar-refractivity contribution is 0.161. The van der Waals surface area contributed by atoms with E-state index in [9.17, 15) is 0 Å². The van der Waals surface area contributed by atoms with Crippen molar-refractivity contribution in [1.29, 1.82) is 0 Å². The van der Waals surface area contributed by atoms with E-state index in [-0.39, 0.29) is 0 Å². The highest BCUT2D eigenvalue weighted by Gasteiger charge is 2.20. The van der Waals surface area contributed by atoms with Crippen LogP contribution in [-0.2, 0) is 6.54 Å². The first-order valence-corrected chi connectivity index (χ1v) is 8.39. The van der Waals surface area contributed by atoms with Gasteiger partial charge in [-0.15, -0.1) is 11.3 Å². The number of nitrogens with zero attached hydrogens (tertiary/aromatic N) is 1. The second-order valence-corrected chi connectivity index (χ2v) is 7.60. The third kappa shape index (κ3) is 3.80. The first-order chi connectivity index (χ1) is 8.56. The van der Waals surface area contributed by atoms with Gasteiger partial charge < -0.3 is 10.2 Å². The predicted octanol–water partition coefficient (Wildman–Crippen LogP) is 3.78. The Morgan fingerprint density at radius 3 is 2.61 bits per heavy atom. The molecule has 2 rings (SSSR count). The summed E-state index contributed by atoms with van der Waals surface area (Å²) in [5.74, 6) is 0. The van der Waals surface area contributed by atoms with Gasteiger partial charge in [0.1, 0.15) is 0 Å². The molecule has 0 radical (unpaired) electrons. The van der Waals surface area contributed by atoms with Crippen LogP contribution >= 0.6 is 27.3 Å². The van der Waals surface area contributed by atoms with Crippen LogP contribution in [0.2, 0.25) is 0 Å². The molecule has 4 heteroatoms. The van der Waals surface area contributed by atoms with Crippen LogP contribution in [0.15, 0.2) is 10.5 Å². The van der Waals surface area contributed by atoms with Crippen LogP contribution in [0.5, 0.6) is 0 Å². The van der Waals surface area contributed by atoms with Crippen LogP contribution in [0.3, 0.4) is 0 Å². The van der Waals surface area contributed by atoms with Gasteiger partial charge in [0, 0.05) is 32.9 Å². The molecule has 1 aliphatic heterocycles. The van der Waals surface area contributed by atoms with E-state index in [4.69, 9.17) is 0 Å². The maximum atomic E-state index is 3.70. The number of hydrogen-bond acceptors (Lipinski definition) is 3. The van der Waals surface area contributed by atoms with Gasteiger partial charge in [0.05, 0.1) is 0 Å². The number of nitrogens with one attached hydrogen (secondary N) is 1. The summed E-state index contributed by atoms with van der Waals surface area (Å²) in [7, 11) is 0. The fraction of sp³-hybridized carbons (Fsp3) is 0.714. The highest BCUT2D eigenvalue weighted by Crippen LogP contribution is 2.26. The van der Waals surface area contributed by atoms with E-state index in [0.717, 1.165) is 6.54 Å². The fourth-order valence-electron chi connectivity index (χ4n) is 2.47. The molecule has 2 nitrogen and oxygen atoms in total. The highest BCUT2D eigenvalue weighted by atomic mass is 79.9. The zero-order chi connectivity index (χ0) is 13.1. The van der Waals surface area contributed by atoms with Gasteiger partial charge in [0.15, 0.2) is 0 Å². The lowest BCUT2D eigenvalue weighted by Gasteiger charge is -2.34. The molecule has 18 heavy (non-hydrogen) atoms. The first kappa shape index (κ1) is 14.5. The van der Waals surface area contributed by atoms with Gasteiger partial charge in [0.2, 0.25) is 0 Å². The van der Waals surface area contributed by atoms with Gasteiger partial charge in [-0.2, -0.15) is 0 Å². The summed E-state index contributed by atoms with van der Waals surface area (Å²) in [6, 6.07) is 3.64. The number of likely N-dealkylation sites (tertiary alicyclic amines) is 1. The topological polar surface area (TPSA) is 15.3 Å². The minimum absolute atomic E-state index is 0.696. The Morgan fingerprint density at radius 2 is 2.11 bits per heavy atom. The second kappa shape index (κ2) is 6.51. The standard InChI is InChI=1S/C14H23BrN2S/c1-10(2)17-6-4-12(5-7-17)16-9-13-8-14(15)11(3)18-13/h8,10,12,16H,4-7,9H2,1-3H3. The molecule has 1 fully saturated rings. The van der Waals surface area contributed by atoms with Crippen molar-refractivity contribution in [1.82, 2.24) is 10.2 Å². The number of halogens is 1. The number of rotatable bonds is 4. The second-order valence-electron chi connectivity index (χ2n) is 5.40. The van der Waals surface area contributed by atoms with Crippen LogP contribution in [0.4, 0.5) is 0 Å². The van der Waals surface area contributed by atoms with E-state index in [0.29, 0.717) is 12.1 Å². The third-order valence-corrected chi connectivity index (χ3v) is 5.87. The van der Waals surface area contributed by atoms with Gasteiger partial charge in [-0.1, -0.05) is 0 Å². The van der Waals surface area contributed by atoms with E-state index >= 15 is 0 Å². The quantitative estimate of drug-likeness (QED) is 0.903. The molecule has 0 unspecified atom stereocenters. The van der Waals surface area contributed by atoms with Gasteiger partial charge in [-0.05, 0) is 68.7 Å². The highest BCUT2D eigenvalue weighted by molar-refractivity contribution is 9.10. The van der Waals surface area contributed by atoms with Crippen LogP contribution < -0.4 is 5.32 Å². The molecule has 0 saturated carbocycles. The maximum absolute atomic E-state index is 3.70. The smallest absolute Gasteiger partial charge is 0.0314 e. The van der Waals surface area contributed by atoms with E-state index in [2.05, 4.69) is 53.0 Å². The Labute approximate surface area is 123 Å². The van der Waals surface area contributed by atoms with Gasteiger partial charge in [0.25, 0.3) is 0 Å². The Balaban J connectivity index is 1.75. The monoisotopic (exact) mass is 330 g/mol. The molecule has 0 bridgehead atoms. The third-order valence-electron chi connectivity index (χ3n) is 3.73. The molecule has 0 spiro atoms.